The van der Waals surface area contributed by atoms with Crippen molar-refractivity contribution in [3.63, 3.8) is 0 Å². The van der Waals surface area contributed by atoms with E-state index < -0.39 is 0 Å². The van der Waals surface area contributed by atoms with Gasteiger partial charge in [-0.1, -0.05) is 0 Å². The van der Waals surface area contributed by atoms with Crippen LogP contribution >= 0.6 is 0 Å². The van der Waals surface area contributed by atoms with E-state index in [1.807, 2.05) is 6.33 Å². The number of benzene rings is 1. The summed E-state index contributed by atoms with van der Waals surface area (Å²) in [7, 11) is 0. The molecule has 0 bridgehead atoms. The van der Waals surface area contributed by atoms with Crippen LogP contribution in [0.1, 0.15) is 25.2 Å². The minimum Gasteiger partial charge on any atom is -0.372 e. The molecular weight excluding hydrogens is 248 g/mol. The number of nitrogens with one attached hydrogen (secondary N) is 1. The lowest BCUT2D eigenvalue weighted by Gasteiger charge is -2.21. The van der Waals surface area contributed by atoms with Crippen LogP contribution in [0.4, 0.5) is 5.69 Å². The number of fused-ring (bicyclic) bond motifs is 1. The van der Waals surface area contributed by atoms with Gasteiger partial charge in [-0.15, -0.1) is 0 Å². The molecule has 0 fully saturated rings. The Morgan fingerprint density at radius 2 is 1.95 bits per heavy atom. The molecule has 2 aromatic rings. The second kappa shape index (κ2) is 5.67. The normalized spacial score (nSPS) is 14.1. The van der Waals surface area contributed by atoms with Crippen LogP contribution in [0.15, 0.2) is 30.6 Å². The lowest BCUT2D eigenvalue weighted by Crippen LogP contribution is -2.24. The highest BCUT2D eigenvalue weighted by atomic mass is 15.1. The maximum Gasteiger partial charge on any atom is 0.0998 e. The van der Waals surface area contributed by atoms with E-state index >= 15 is 0 Å². The van der Waals surface area contributed by atoms with Gasteiger partial charge in [0.05, 0.1) is 12.0 Å². The van der Waals surface area contributed by atoms with Gasteiger partial charge >= 0.3 is 0 Å². The Balaban J connectivity index is 1.89. The molecule has 0 amide bonds. The van der Waals surface area contributed by atoms with E-state index in [2.05, 4.69) is 57.9 Å². The van der Waals surface area contributed by atoms with Crippen LogP contribution in [0.5, 0.6) is 0 Å². The van der Waals surface area contributed by atoms with Gasteiger partial charge in [0.25, 0.3) is 0 Å². The number of imidazole rings is 1. The van der Waals surface area contributed by atoms with Crippen molar-refractivity contribution >= 4 is 5.69 Å². The quantitative estimate of drug-likeness (QED) is 0.926. The zero-order valence-electron chi connectivity index (χ0n) is 12.3. The molecule has 0 aliphatic carbocycles. The summed E-state index contributed by atoms with van der Waals surface area (Å²) in [6.07, 6.45) is 3.00. The summed E-state index contributed by atoms with van der Waals surface area (Å²) < 4.78 is 2.22. The second-order valence-electron chi connectivity index (χ2n) is 5.12. The minimum atomic E-state index is 0.889. The van der Waals surface area contributed by atoms with Gasteiger partial charge in [0.1, 0.15) is 0 Å². The molecule has 4 heteroatoms. The fraction of sp³-hybridized carbons (Fsp3) is 0.438. The number of hydrogen-bond donors (Lipinski definition) is 1. The molecule has 0 atom stereocenters. The number of rotatable bonds is 4. The van der Waals surface area contributed by atoms with Crippen molar-refractivity contribution in [2.75, 3.05) is 24.5 Å². The molecule has 1 aliphatic rings. The molecular formula is C16H22N4. The van der Waals surface area contributed by atoms with Crippen molar-refractivity contribution in [3.8, 4) is 5.69 Å². The van der Waals surface area contributed by atoms with E-state index in [9.17, 15) is 0 Å². The highest BCUT2D eigenvalue weighted by Crippen LogP contribution is 2.21. The number of anilines is 1. The molecule has 106 valence electrons. The fourth-order valence-electron chi connectivity index (χ4n) is 2.87. The predicted octanol–water partition coefficient (Wildman–Crippen LogP) is 2.36. The first-order valence-corrected chi connectivity index (χ1v) is 7.44. The Labute approximate surface area is 120 Å². The zero-order valence-corrected chi connectivity index (χ0v) is 12.3. The van der Waals surface area contributed by atoms with E-state index in [0.717, 1.165) is 32.6 Å². The summed E-state index contributed by atoms with van der Waals surface area (Å²) in [4.78, 5) is 6.87. The van der Waals surface area contributed by atoms with Crippen molar-refractivity contribution < 1.29 is 0 Å². The first-order valence-electron chi connectivity index (χ1n) is 7.44. The Bertz CT molecular complexity index is 567. The van der Waals surface area contributed by atoms with Crippen molar-refractivity contribution in [3.05, 3.63) is 42.0 Å². The largest absolute Gasteiger partial charge is 0.372 e. The van der Waals surface area contributed by atoms with E-state index in [0.29, 0.717) is 0 Å². The van der Waals surface area contributed by atoms with Crippen molar-refractivity contribution in [2.24, 2.45) is 0 Å². The third-order valence-corrected chi connectivity index (χ3v) is 4.04. The van der Waals surface area contributed by atoms with Crippen LogP contribution in [-0.4, -0.2) is 29.2 Å². The highest BCUT2D eigenvalue weighted by Gasteiger charge is 2.15. The molecule has 0 saturated heterocycles. The molecule has 1 N–H and O–H groups in total. The smallest absolute Gasteiger partial charge is 0.0998 e. The van der Waals surface area contributed by atoms with Gasteiger partial charge in [-0.05, 0) is 38.1 Å². The lowest BCUT2D eigenvalue weighted by atomic mass is 10.1. The summed E-state index contributed by atoms with van der Waals surface area (Å²) >= 11 is 0. The average molecular weight is 270 g/mol. The molecule has 1 aromatic carbocycles. The summed E-state index contributed by atoms with van der Waals surface area (Å²) in [5.74, 6) is 0. The van der Waals surface area contributed by atoms with Gasteiger partial charge < -0.3 is 14.8 Å². The summed E-state index contributed by atoms with van der Waals surface area (Å²) in [6, 6.07) is 8.79. The zero-order chi connectivity index (χ0) is 13.9. The summed E-state index contributed by atoms with van der Waals surface area (Å²) in [6.45, 7) is 8.40. The minimum absolute atomic E-state index is 0.889. The van der Waals surface area contributed by atoms with E-state index in [1.165, 1.54) is 22.8 Å². The molecule has 0 radical (unpaired) electrons. The number of aromatic nitrogens is 2. The molecule has 0 unspecified atom stereocenters. The molecule has 4 nitrogen and oxygen atoms in total. The summed E-state index contributed by atoms with van der Waals surface area (Å²) in [5.41, 5.74) is 5.02. The third-order valence-electron chi connectivity index (χ3n) is 4.04. The number of hydrogen-bond acceptors (Lipinski definition) is 3. The van der Waals surface area contributed by atoms with Crippen LogP contribution in [0.3, 0.4) is 0 Å². The summed E-state index contributed by atoms with van der Waals surface area (Å²) in [5, 5.41) is 3.36. The van der Waals surface area contributed by atoms with Gasteiger partial charge in [0, 0.05) is 49.7 Å². The Morgan fingerprint density at radius 1 is 1.20 bits per heavy atom. The van der Waals surface area contributed by atoms with Gasteiger partial charge in [-0.25, -0.2) is 4.98 Å². The predicted molar refractivity (Wildman–Crippen MR) is 82.5 cm³/mol. The Kier molecular flexibility index (Phi) is 3.74. The standard InChI is InChI=1S/C16H22N4/c1-3-19(4-2)13-5-7-14(8-6-13)20-12-18-15-11-17-10-9-16(15)20/h5-8,12,17H,3-4,9-11H2,1-2H3. The average Bonchev–Trinajstić information content (AvgIpc) is 2.93. The Hall–Kier alpha value is -1.81. The molecule has 0 spiro atoms. The molecule has 1 aromatic heterocycles. The van der Waals surface area contributed by atoms with E-state index in [1.54, 1.807) is 0 Å². The van der Waals surface area contributed by atoms with E-state index in [4.69, 9.17) is 0 Å². The third kappa shape index (κ3) is 2.31. The lowest BCUT2D eigenvalue weighted by molar-refractivity contribution is 0.620. The van der Waals surface area contributed by atoms with Crippen LogP contribution in [0.25, 0.3) is 5.69 Å². The van der Waals surface area contributed by atoms with Crippen LogP contribution in [0.2, 0.25) is 0 Å². The second-order valence-corrected chi connectivity index (χ2v) is 5.12. The Morgan fingerprint density at radius 3 is 2.65 bits per heavy atom. The number of nitrogens with zero attached hydrogens (tertiary/aromatic N) is 3. The van der Waals surface area contributed by atoms with E-state index in [-0.39, 0.29) is 0 Å². The van der Waals surface area contributed by atoms with Crippen molar-refractivity contribution in [1.29, 1.82) is 0 Å². The molecule has 20 heavy (non-hydrogen) atoms. The van der Waals surface area contributed by atoms with Crippen LogP contribution < -0.4 is 10.2 Å². The topological polar surface area (TPSA) is 33.1 Å². The van der Waals surface area contributed by atoms with Crippen molar-refractivity contribution in [1.82, 2.24) is 14.9 Å². The maximum absolute atomic E-state index is 4.51. The molecule has 0 saturated carbocycles. The van der Waals surface area contributed by atoms with Gasteiger partial charge in [0.15, 0.2) is 0 Å². The first-order chi connectivity index (χ1) is 9.83. The molecule has 3 rings (SSSR count). The maximum atomic E-state index is 4.51. The monoisotopic (exact) mass is 270 g/mol. The first kappa shape index (κ1) is 13.2. The molecule has 1 aliphatic heterocycles. The fourth-order valence-corrected chi connectivity index (χ4v) is 2.87. The van der Waals surface area contributed by atoms with Gasteiger partial charge in [-0.2, -0.15) is 0 Å². The molecule has 2 heterocycles. The SMILES string of the molecule is CCN(CC)c1ccc(-n2cnc3c2CCNC3)cc1. The van der Waals surface area contributed by atoms with Crippen LogP contribution in [0, 0.1) is 0 Å². The van der Waals surface area contributed by atoms with Gasteiger partial charge in [-0.3, -0.25) is 0 Å². The van der Waals surface area contributed by atoms with Crippen LogP contribution in [-0.2, 0) is 13.0 Å². The van der Waals surface area contributed by atoms with Crippen molar-refractivity contribution in [2.45, 2.75) is 26.8 Å². The highest BCUT2D eigenvalue weighted by molar-refractivity contribution is 5.51. The van der Waals surface area contributed by atoms with Gasteiger partial charge in [0.2, 0.25) is 0 Å².